The fourth-order valence-corrected chi connectivity index (χ4v) is 6.50. The summed E-state index contributed by atoms with van der Waals surface area (Å²) < 4.78 is 6.95. The van der Waals surface area contributed by atoms with Crippen molar-refractivity contribution < 1.29 is 14.3 Å². The Labute approximate surface area is 193 Å². The average Bonchev–Trinajstić information content (AvgIpc) is 3.49. The van der Waals surface area contributed by atoms with Crippen LogP contribution in [0.25, 0.3) is 0 Å². The molecule has 4 rings (SSSR count). The summed E-state index contributed by atoms with van der Waals surface area (Å²) in [5.74, 6) is 0.214. The van der Waals surface area contributed by atoms with Gasteiger partial charge in [0.2, 0.25) is 5.91 Å². The lowest BCUT2D eigenvalue weighted by molar-refractivity contribution is -0.113. The van der Waals surface area contributed by atoms with Gasteiger partial charge in [-0.05, 0) is 48.6 Å². The van der Waals surface area contributed by atoms with Gasteiger partial charge in [0, 0.05) is 16.3 Å². The van der Waals surface area contributed by atoms with Gasteiger partial charge in [-0.25, -0.2) is 4.79 Å². The molecular formula is C21H24N4O3S3. The van der Waals surface area contributed by atoms with Crippen molar-refractivity contribution in [3.63, 3.8) is 0 Å². The number of aromatic nitrogens is 3. The van der Waals surface area contributed by atoms with E-state index in [4.69, 9.17) is 4.74 Å². The van der Waals surface area contributed by atoms with Gasteiger partial charge < -0.3 is 14.6 Å². The lowest BCUT2D eigenvalue weighted by Crippen LogP contribution is -2.17. The van der Waals surface area contributed by atoms with Gasteiger partial charge in [-0.15, -0.1) is 32.9 Å². The first-order valence-electron chi connectivity index (χ1n) is 10.1. The molecule has 3 heterocycles. The minimum Gasteiger partial charge on any atom is -0.465 e. The van der Waals surface area contributed by atoms with E-state index in [9.17, 15) is 9.59 Å². The zero-order valence-electron chi connectivity index (χ0n) is 17.4. The molecule has 0 spiro atoms. The summed E-state index contributed by atoms with van der Waals surface area (Å²) in [4.78, 5) is 27.5. The topological polar surface area (TPSA) is 86.1 Å². The number of amides is 1. The number of anilines is 1. The number of nitrogens with zero attached hydrogens (tertiary/aromatic N) is 3. The highest BCUT2D eigenvalue weighted by Gasteiger charge is 2.28. The fourth-order valence-electron chi connectivity index (χ4n) is 3.64. The molecule has 3 aromatic heterocycles. The van der Waals surface area contributed by atoms with Crippen LogP contribution in [0.1, 0.15) is 39.0 Å². The van der Waals surface area contributed by atoms with E-state index in [-0.39, 0.29) is 17.6 Å². The number of nitrogens with one attached hydrogen (secondary N) is 1. The molecule has 0 aromatic carbocycles. The third kappa shape index (κ3) is 5.19. The molecule has 1 atom stereocenters. The molecule has 10 heteroatoms. The highest BCUT2D eigenvalue weighted by Crippen LogP contribution is 2.40. The van der Waals surface area contributed by atoms with Crippen molar-refractivity contribution in [2.75, 3.05) is 18.2 Å². The lowest BCUT2D eigenvalue weighted by atomic mass is 9.88. The number of hydrogen-bond donors (Lipinski definition) is 1. The molecule has 0 radical (unpaired) electrons. The Hall–Kier alpha value is -2.17. The summed E-state index contributed by atoms with van der Waals surface area (Å²) in [5, 5.41) is 14.4. The van der Waals surface area contributed by atoms with E-state index in [1.54, 1.807) is 17.7 Å². The van der Waals surface area contributed by atoms with Crippen molar-refractivity contribution in [3.05, 3.63) is 44.7 Å². The Morgan fingerprint density at radius 1 is 1.42 bits per heavy atom. The number of thioether (sulfide) groups is 1. The molecule has 1 amide bonds. The number of aryl methyl sites for hydroxylation is 2. The van der Waals surface area contributed by atoms with Crippen molar-refractivity contribution >= 4 is 51.3 Å². The zero-order chi connectivity index (χ0) is 21.8. The van der Waals surface area contributed by atoms with E-state index < -0.39 is 0 Å². The summed E-state index contributed by atoms with van der Waals surface area (Å²) in [6, 6.07) is 4.15. The number of ether oxygens (including phenoxy) is 1. The Balaban J connectivity index is 1.40. The highest BCUT2D eigenvalue weighted by molar-refractivity contribution is 7.99. The molecule has 1 N–H and O–H groups in total. The van der Waals surface area contributed by atoms with Crippen molar-refractivity contribution in [2.24, 2.45) is 5.92 Å². The summed E-state index contributed by atoms with van der Waals surface area (Å²) in [6.07, 6.45) is 5.41. The first kappa shape index (κ1) is 22.0. The van der Waals surface area contributed by atoms with Crippen LogP contribution in [0.2, 0.25) is 0 Å². The van der Waals surface area contributed by atoms with E-state index in [0.29, 0.717) is 21.6 Å². The third-order valence-electron chi connectivity index (χ3n) is 5.25. The van der Waals surface area contributed by atoms with Crippen LogP contribution in [-0.4, -0.2) is 39.5 Å². The summed E-state index contributed by atoms with van der Waals surface area (Å²) in [7, 11) is 1.38. The molecule has 1 aliphatic carbocycles. The molecular weight excluding hydrogens is 452 g/mol. The van der Waals surface area contributed by atoms with Crippen LogP contribution in [0, 0.1) is 5.92 Å². The van der Waals surface area contributed by atoms with E-state index in [2.05, 4.69) is 33.9 Å². The highest BCUT2D eigenvalue weighted by atomic mass is 32.2. The monoisotopic (exact) mass is 476 g/mol. The molecule has 3 aromatic rings. The van der Waals surface area contributed by atoms with Gasteiger partial charge in [0.1, 0.15) is 11.3 Å². The van der Waals surface area contributed by atoms with Crippen molar-refractivity contribution in [2.45, 2.75) is 44.3 Å². The SMILES string of the molecule is COC(=O)c1c(NC(=O)CSc2nncn2CCc2cccs2)sc2c1CCC(C)C2. The molecule has 164 valence electrons. The molecule has 7 nitrogen and oxygen atoms in total. The van der Waals surface area contributed by atoms with E-state index >= 15 is 0 Å². The van der Waals surface area contributed by atoms with Crippen LogP contribution in [0.15, 0.2) is 29.0 Å². The zero-order valence-corrected chi connectivity index (χ0v) is 19.9. The molecule has 1 unspecified atom stereocenters. The smallest absolute Gasteiger partial charge is 0.341 e. The second-order valence-electron chi connectivity index (χ2n) is 7.52. The molecule has 0 saturated heterocycles. The van der Waals surface area contributed by atoms with E-state index in [1.807, 2.05) is 10.6 Å². The molecule has 0 saturated carbocycles. The predicted octanol–water partition coefficient (Wildman–Crippen LogP) is 4.29. The summed E-state index contributed by atoms with van der Waals surface area (Å²) in [5.41, 5.74) is 1.55. The standard InChI is InChI=1S/C21H24N4O3S3/c1-13-5-6-15-16(10-13)31-19(18(15)20(27)28-2)23-17(26)11-30-21-24-22-12-25(21)8-7-14-4-3-9-29-14/h3-4,9,12-13H,5-8,10-11H2,1-2H3,(H,23,26). The van der Waals surface area contributed by atoms with Crippen molar-refractivity contribution in [3.8, 4) is 0 Å². The minimum absolute atomic E-state index is 0.172. The van der Waals surface area contributed by atoms with Gasteiger partial charge in [-0.3, -0.25) is 4.79 Å². The van der Waals surface area contributed by atoms with E-state index in [0.717, 1.165) is 37.8 Å². The molecule has 1 aliphatic rings. The second-order valence-corrected chi connectivity index (χ2v) is 10.6. The quantitative estimate of drug-likeness (QED) is 0.386. The number of hydrogen-bond acceptors (Lipinski definition) is 8. The lowest BCUT2D eigenvalue weighted by Gasteiger charge is -2.18. The number of carbonyl (C=O) groups is 2. The van der Waals surface area contributed by atoms with Crippen LogP contribution in [-0.2, 0) is 35.3 Å². The number of carbonyl (C=O) groups excluding carboxylic acids is 2. The first-order chi connectivity index (χ1) is 15.0. The van der Waals surface area contributed by atoms with Gasteiger partial charge >= 0.3 is 5.97 Å². The predicted molar refractivity (Wildman–Crippen MR) is 124 cm³/mol. The summed E-state index contributed by atoms with van der Waals surface area (Å²) in [6.45, 7) is 2.98. The Kier molecular flexibility index (Phi) is 7.09. The third-order valence-corrected chi connectivity index (χ3v) is 8.33. The van der Waals surface area contributed by atoms with Gasteiger partial charge in [0.25, 0.3) is 0 Å². The van der Waals surface area contributed by atoms with Crippen LogP contribution in [0.5, 0.6) is 0 Å². The first-order valence-corrected chi connectivity index (χ1v) is 12.8. The van der Waals surface area contributed by atoms with Gasteiger partial charge in [-0.2, -0.15) is 0 Å². The number of fused-ring (bicyclic) bond motifs is 1. The van der Waals surface area contributed by atoms with Gasteiger partial charge in [0.15, 0.2) is 5.16 Å². The van der Waals surface area contributed by atoms with Crippen molar-refractivity contribution in [1.29, 1.82) is 0 Å². The number of rotatable bonds is 8. The molecule has 0 fully saturated rings. The normalized spacial score (nSPS) is 15.5. The maximum Gasteiger partial charge on any atom is 0.341 e. The van der Waals surface area contributed by atoms with E-state index in [1.165, 1.54) is 40.0 Å². The minimum atomic E-state index is -0.386. The molecule has 0 aliphatic heterocycles. The number of methoxy groups -OCH3 is 1. The Morgan fingerprint density at radius 3 is 3.06 bits per heavy atom. The van der Waals surface area contributed by atoms with Crippen LogP contribution in [0.3, 0.4) is 0 Å². The second kappa shape index (κ2) is 9.97. The average molecular weight is 477 g/mol. The van der Waals surface area contributed by atoms with Crippen LogP contribution in [0.4, 0.5) is 5.00 Å². The largest absolute Gasteiger partial charge is 0.465 e. The number of thiophene rings is 2. The molecule has 31 heavy (non-hydrogen) atoms. The summed E-state index contributed by atoms with van der Waals surface area (Å²) >= 11 is 4.56. The van der Waals surface area contributed by atoms with Gasteiger partial charge in [0.05, 0.1) is 18.4 Å². The maximum absolute atomic E-state index is 12.7. The van der Waals surface area contributed by atoms with Crippen LogP contribution >= 0.6 is 34.4 Å². The fraction of sp³-hybridized carbons (Fsp3) is 0.429. The van der Waals surface area contributed by atoms with Crippen molar-refractivity contribution in [1.82, 2.24) is 14.8 Å². The Bertz CT molecular complexity index is 1060. The molecule has 0 bridgehead atoms. The maximum atomic E-state index is 12.7. The number of esters is 1. The van der Waals surface area contributed by atoms with Gasteiger partial charge in [-0.1, -0.05) is 24.8 Å². The van der Waals surface area contributed by atoms with Crippen LogP contribution < -0.4 is 5.32 Å². The Morgan fingerprint density at radius 2 is 2.29 bits per heavy atom.